The minimum Gasteiger partial charge on any atom is -0.0654 e. The number of rotatable bonds is 7. The van der Waals surface area contributed by atoms with Gasteiger partial charge in [0.2, 0.25) is 0 Å². The fourth-order valence-corrected chi connectivity index (χ4v) is 3.36. The molecule has 0 bridgehead atoms. The second-order valence-corrected chi connectivity index (χ2v) is 6.90. The number of unbranched alkanes of at least 4 members (excludes halogenated alkanes) is 3. The number of aryl methyl sites for hydroxylation is 1. The first kappa shape index (κ1) is 16.8. The Labute approximate surface area is 136 Å². The molecule has 0 radical (unpaired) electrons. The molecule has 0 unspecified atom stereocenters. The smallest absolute Gasteiger partial charge is 0.0149 e. The molecular weight excluding hydrogens is 264 g/mol. The van der Waals surface area contributed by atoms with E-state index in [1.807, 2.05) is 0 Å². The van der Waals surface area contributed by atoms with E-state index < -0.39 is 0 Å². The lowest BCUT2D eigenvalue weighted by Crippen LogP contribution is -2.21. The van der Waals surface area contributed by atoms with Crippen LogP contribution in [0.4, 0.5) is 0 Å². The maximum absolute atomic E-state index is 2.35. The van der Waals surface area contributed by atoms with Gasteiger partial charge in [-0.1, -0.05) is 88.6 Å². The molecule has 0 amide bonds. The summed E-state index contributed by atoms with van der Waals surface area (Å²) in [6.07, 6.45) is 6.50. The van der Waals surface area contributed by atoms with Crippen molar-refractivity contribution in [2.24, 2.45) is 0 Å². The molecule has 2 rings (SSSR count). The van der Waals surface area contributed by atoms with Crippen LogP contribution in [0.2, 0.25) is 0 Å². The summed E-state index contributed by atoms with van der Waals surface area (Å²) in [5.74, 6) is 0. The zero-order chi connectivity index (χ0) is 16.0. The van der Waals surface area contributed by atoms with E-state index >= 15 is 0 Å². The molecule has 2 aromatic carbocycles. The van der Waals surface area contributed by atoms with Crippen molar-refractivity contribution < 1.29 is 0 Å². The number of hydrogen-bond donors (Lipinski definition) is 0. The van der Waals surface area contributed by atoms with Crippen LogP contribution in [-0.2, 0) is 11.8 Å². The Hall–Kier alpha value is -1.56. The fraction of sp³-hybridized carbons (Fsp3) is 0.455. The molecule has 0 saturated carbocycles. The van der Waals surface area contributed by atoms with Gasteiger partial charge in [-0.15, -0.1) is 0 Å². The van der Waals surface area contributed by atoms with E-state index in [4.69, 9.17) is 0 Å². The molecule has 0 nitrogen and oxygen atoms in total. The summed E-state index contributed by atoms with van der Waals surface area (Å²) in [7, 11) is 0. The molecule has 0 heterocycles. The van der Waals surface area contributed by atoms with Crippen molar-refractivity contribution in [2.75, 3.05) is 0 Å². The molecule has 0 aliphatic rings. The van der Waals surface area contributed by atoms with Crippen LogP contribution >= 0.6 is 0 Å². The van der Waals surface area contributed by atoms with E-state index in [0.29, 0.717) is 0 Å². The number of benzene rings is 2. The van der Waals surface area contributed by atoms with Crippen LogP contribution in [-0.4, -0.2) is 0 Å². The number of hydrogen-bond acceptors (Lipinski definition) is 0. The first-order chi connectivity index (χ1) is 10.6. The Morgan fingerprint density at radius 1 is 0.818 bits per heavy atom. The summed E-state index contributed by atoms with van der Waals surface area (Å²) in [6.45, 7) is 9.25. The third-order valence-electron chi connectivity index (χ3n) is 4.86. The Morgan fingerprint density at radius 3 is 2.23 bits per heavy atom. The molecule has 0 spiro atoms. The Morgan fingerprint density at radius 2 is 1.55 bits per heavy atom. The van der Waals surface area contributed by atoms with Gasteiger partial charge in [0.05, 0.1) is 0 Å². The summed E-state index contributed by atoms with van der Waals surface area (Å²) in [5, 5.41) is 0. The third-order valence-corrected chi connectivity index (χ3v) is 4.86. The molecule has 0 aromatic heterocycles. The lowest BCUT2D eigenvalue weighted by Gasteiger charge is -2.29. The molecule has 0 saturated heterocycles. The normalized spacial score (nSPS) is 11.6. The Bertz CT molecular complexity index is 578. The van der Waals surface area contributed by atoms with Crippen LogP contribution < -0.4 is 0 Å². The van der Waals surface area contributed by atoms with Crippen molar-refractivity contribution in [3.63, 3.8) is 0 Å². The molecule has 0 aliphatic carbocycles. The van der Waals surface area contributed by atoms with Gasteiger partial charge in [0.25, 0.3) is 0 Å². The minimum atomic E-state index is 0.0629. The van der Waals surface area contributed by atoms with Gasteiger partial charge >= 0.3 is 0 Å². The van der Waals surface area contributed by atoms with Crippen molar-refractivity contribution in [1.82, 2.24) is 0 Å². The highest BCUT2D eigenvalue weighted by molar-refractivity contribution is 5.45. The Kier molecular flexibility index (Phi) is 5.83. The highest BCUT2D eigenvalue weighted by atomic mass is 14.3. The van der Waals surface area contributed by atoms with Crippen LogP contribution in [0.3, 0.4) is 0 Å². The quantitative estimate of drug-likeness (QED) is 0.515. The summed E-state index contributed by atoms with van der Waals surface area (Å²) < 4.78 is 0. The second-order valence-electron chi connectivity index (χ2n) is 6.90. The zero-order valence-electron chi connectivity index (χ0n) is 14.7. The van der Waals surface area contributed by atoms with Crippen LogP contribution in [0.15, 0.2) is 48.5 Å². The molecule has 0 atom stereocenters. The summed E-state index contributed by atoms with van der Waals surface area (Å²) >= 11 is 0. The van der Waals surface area contributed by atoms with Gasteiger partial charge in [-0.05, 0) is 42.0 Å². The van der Waals surface area contributed by atoms with Gasteiger partial charge in [-0.3, -0.25) is 0 Å². The lowest BCUT2D eigenvalue weighted by atomic mass is 9.74. The summed E-state index contributed by atoms with van der Waals surface area (Å²) in [5.41, 5.74) is 5.96. The van der Waals surface area contributed by atoms with Crippen LogP contribution in [0.5, 0.6) is 0 Å². The zero-order valence-corrected chi connectivity index (χ0v) is 14.7. The van der Waals surface area contributed by atoms with Crippen LogP contribution in [0.25, 0.3) is 0 Å². The van der Waals surface area contributed by atoms with Crippen molar-refractivity contribution in [3.8, 4) is 0 Å². The van der Waals surface area contributed by atoms with Gasteiger partial charge in [0.1, 0.15) is 0 Å². The molecule has 0 N–H and O–H groups in total. The predicted molar refractivity (Wildman–Crippen MR) is 97.6 cm³/mol. The SMILES string of the molecule is CCCCCCc1c(C)cccc1C(C)(C)c1ccccc1. The monoisotopic (exact) mass is 294 g/mol. The molecule has 0 fully saturated rings. The fourth-order valence-electron chi connectivity index (χ4n) is 3.36. The largest absolute Gasteiger partial charge is 0.0654 e. The van der Waals surface area contributed by atoms with Gasteiger partial charge in [0, 0.05) is 5.41 Å². The molecular formula is C22H30. The summed E-state index contributed by atoms with van der Waals surface area (Å²) in [6, 6.07) is 17.7. The third kappa shape index (κ3) is 3.80. The molecule has 0 heteroatoms. The van der Waals surface area contributed by atoms with Gasteiger partial charge in [-0.25, -0.2) is 0 Å². The molecule has 0 aliphatic heterocycles. The van der Waals surface area contributed by atoms with Crippen molar-refractivity contribution in [3.05, 3.63) is 70.8 Å². The first-order valence-corrected chi connectivity index (χ1v) is 8.72. The van der Waals surface area contributed by atoms with Crippen molar-refractivity contribution in [2.45, 2.75) is 65.2 Å². The molecule has 22 heavy (non-hydrogen) atoms. The van der Waals surface area contributed by atoms with E-state index in [1.54, 1.807) is 5.56 Å². The topological polar surface area (TPSA) is 0 Å². The highest BCUT2D eigenvalue weighted by Crippen LogP contribution is 2.35. The highest BCUT2D eigenvalue weighted by Gasteiger charge is 2.25. The van der Waals surface area contributed by atoms with Crippen LogP contribution in [0, 0.1) is 6.92 Å². The predicted octanol–water partition coefficient (Wildman–Crippen LogP) is 6.44. The van der Waals surface area contributed by atoms with Crippen molar-refractivity contribution in [1.29, 1.82) is 0 Å². The van der Waals surface area contributed by atoms with E-state index in [0.717, 1.165) is 0 Å². The average Bonchev–Trinajstić information content (AvgIpc) is 2.53. The average molecular weight is 294 g/mol. The van der Waals surface area contributed by atoms with Gasteiger partial charge in [0.15, 0.2) is 0 Å². The van der Waals surface area contributed by atoms with E-state index in [2.05, 4.69) is 76.2 Å². The van der Waals surface area contributed by atoms with E-state index in [9.17, 15) is 0 Å². The van der Waals surface area contributed by atoms with E-state index in [1.165, 1.54) is 48.8 Å². The van der Waals surface area contributed by atoms with Gasteiger partial charge < -0.3 is 0 Å². The maximum atomic E-state index is 2.35. The summed E-state index contributed by atoms with van der Waals surface area (Å²) in [4.78, 5) is 0. The molecule has 118 valence electrons. The van der Waals surface area contributed by atoms with Crippen molar-refractivity contribution >= 4 is 0 Å². The lowest BCUT2D eigenvalue weighted by molar-refractivity contribution is 0.615. The standard InChI is InChI=1S/C22H30/c1-5-6-7-11-16-20-18(2)13-12-17-21(20)22(3,4)19-14-9-8-10-15-19/h8-10,12-15,17H,5-7,11,16H2,1-4H3. The Balaban J connectivity index is 2.32. The van der Waals surface area contributed by atoms with E-state index in [-0.39, 0.29) is 5.41 Å². The minimum absolute atomic E-state index is 0.0629. The first-order valence-electron chi connectivity index (χ1n) is 8.72. The second kappa shape index (κ2) is 7.63. The van der Waals surface area contributed by atoms with Gasteiger partial charge in [-0.2, -0.15) is 0 Å². The molecule has 2 aromatic rings. The maximum Gasteiger partial charge on any atom is 0.0149 e. The van der Waals surface area contributed by atoms with Crippen LogP contribution in [0.1, 0.15) is 68.7 Å².